The molecule has 26 heavy (non-hydrogen) atoms. The van der Waals surface area contributed by atoms with E-state index in [4.69, 9.17) is 9.15 Å². The fraction of sp³-hybridized carbons (Fsp3) is 0.368. The average molecular weight is 421 g/mol. The van der Waals surface area contributed by atoms with Crippen LogP contribution in [0.15, 0.2) is 51.6 Å². The van der Waals surface area contributed by atoms with Gasteiger partial charge in [-0.1, -0.05) is 18.2 Å². The molecule has 1 aliphatic heterocycles. The van der Waals surface area contributed by atoms with Gasteiger partial charge in [0.25, 0.3) is 11.8 Å². The molecule has 0 bridgehead atoms. The van der Waals surface area contributed by atoms with Gasteiger partial charge in [-0.3, -0.25) is 9.59 Å². The van der Waals surface area contributed by atoms with Gasteiger partial charge in [0.2, 0.25) is 0 Å². The summed E-state index contributed by atoms with van der Waals surface area (Å²) in [6.07, 6.45) is 1.72. The van der Waals surface area contributed by atoms with Gasteiger partial charge in [-0.25, -0.2) is 0 Å². The number of amides is 2. The van der Waals surface area contributed by atoms with Crippen LogP contribution in [0.3, 0.4) is 0 Å². The fourth-order valence-electron chi connectivity index (χ4n) is 2.90. The third-order valence-corrected chi connectivity index (χ3v) is 4.85. The Bertz CT molecular complexity index is 739. The topological polar surface area (TPSA) is 71.8 Å². The first-order chi connectivity index (χ1) is 12.6. The maximum atomic E-state index is 12.2. The normalized spacial score (nSPS) is 14.9. The van der Waals surface area contributed by atoms with Crippen molar-refractivity contribution in [2.75, 3.05) is 26.2 Å². The van der Waals surface area contributed by atoms with Crippen molar-refractivity contribution in [2.24, 2.45) is 5.92 Å². The zero-order chi connectivity index (χ0) is 18.4. The smallest absolute Gasteiger partial charge is 0.287 e. The van der Waals surface area contributed by atoms with Crippen molar-refractivity contribution in [2.45, 2.75) is 12.8 Å². The number of ether oxygens (including phenoxy) is 1. The highest BCUT2D eigenvalue weighted by Crippen LogP contribution is 2.18. The van der Waals surface area contributed by atoms with Crippen molar-refractivity contribution in [1.82, 2.24) is 10.2 Å². The number of para-hydroxylation sites is 1. The summed E-state index contributed by atoms with van der Waals surface area (Å²) in [5.74, 6) is 1.13. The molecular weight excluding hydrogens is 400 g/mol. The summed E-state index contributed by atoms with van der Waals surface area (Å²) in [7, 11) is 0. The first-order valence-electron chi connectivity index (χ1n) is 8.61. The van der Waals surface area contributed by atoms with Crippen LogP contribution in [0.4, 0.5) is 0 Å². The molecule has 0 aliphatic carbocycles. The average Bonchev–Trinajstić information content (AvgIpc) is 3.12. The maximum Gasteiger partial charge on any atom is 0.287 e. The lowest BCUT2D eigenvalue weighted by Gasteiger charge is -2.32. The number of rotatable bonds is 6. The lowest BCUT2D eigenvalue weighted by molar-refractivity contribution is -0.134. The van der Waals surface area contributed by atoms with Crippen molar-refractivity contribution < 1.29 is 18.7 Å². The molecule has 0 spiro atoms. The molecule has 138 valence electrons. The summed E-state index contributed by atoms with van der Waals surface area (Å²) in [5, 5.41) is 2.89. The molecule has 2 amide bonds. The van der Waals surface area contributed by atoms with E-state index in [-0.39, 0.29) is 18.4 Å². The predicted molar refractivity (Wildman–Crippen MR) is 100.0 cm³/mol. The molecule has 1 aromatic carbocycles. The van der Waals surface area contributed by atoms with Gasteiger partial charge in [-0.05, 0) is 59.0 Å². The number of nitrogens with zero attached hydrogens (tertiary/aromatic N) is 1. The van der Waals surface area contributed by atoms with Gasteiger partial charge in [-0.15, -0.1) is 0 Å². The molecule has 0 saturated carbocycles. The van der Waals surface area contributed by atoms with Crippen LogP contribution in [-0.4, -0.2) is 43.0 Å². The summed E-state index contributed by atoms with van der Waals surface area (Å²) in [6.45, 7) is 2.01. The minimum absolute atomic E-state index is 0.00299. The van der Waals surface area contributed by atoms with Crippen LogP contribution in [-0.2, 0) is 4.79 Å². The molecule has 1 saturated heterocycles. The molecule has 6 nitrogen and oxygen atoms in total. The number of hydrogen-bond acceptors (Lipinski definition) is 4. The quantitative estimate of drug-likeness (QED) is 0.778. The molecule has 0 radical (unpaired) electrons. The van der Waals surface area contributed by atoms with Crippen LogP contribution < -0.4 is 10.1 Å². The zero-order valence-corrected chi connectivity index (χ0v) is 15.9. The Morgan fingerprint density at radius 2 is 1.88 bits per heavy atom. The molecule has 2 heterocycles. The highest BCUT2D eigenvalue weighted by molar-refractivity contribution is 9.10. The van der Waals surface area contributed by atoms with Gasteiger partial charge in [0.1, 0.15) is 5.75 Å². The maximum absolute atomic E-state index is 12.2. The number of benzene rings is 1. The Balaban J connectivity index is 1.37. The molecule has 7 heteroatoms. The van der Waals surface area contributed by atoms with Crippen molar-refractivity contribution >= 4 is 27.7 Å². The molecule has 1 aliphatic rings. The minimum Gasteiger partial charge on any atom is -0.484 e. The summed E-state index contributed by atoms with van der Waals surface area (Å²) in [4.78, 5) is 26.1. The summed E-state index contributed by atoms with van der Waals surface area (Å²) in [6, 6.07) is 12.6. The van der Waals surface area contributed by atoms with Crippen LogP contribution in [0, 0.1) is 5.92 Å². The van der Waals surface area contributed by atoms with Gasteiger partial charge in [0.15, 0.2) is 17.0 Å². The predicted octanol–water partition coefficient (Wildman–Crippen LogP) is 3.09. The van der Waals surface area contributed by atoms with Gasteiger partial charge in [0, 0.05) is 19.6 Å². The minimum atomic E-state index is -0.217. The molecule has 1 N–H and O–H groups in total. The van der Waals surface area contributed by atoms with Gasteiger partial charge < -0.3 is 19.4 Å². The summed E-state index contributed by atoms with van der Waals surface area (Å²) >= 11 is 3.18. The van der Waals surface area contributed by atoms with Crippen molar-refractivity contribution in [3.8, 4) is 5.75 Å². The number of carbonyl (C=O) groups is 2. The van der Waals surface area contributed by atoms with E-state index in [0.717, 1.165) is 12.8 Å². The Labute approximate surface area is 160 Å². The first kappa shape index (κ1) is 18.5. The number of hydrogen-bond donors (Lipinski definition) is 1. The van der Waals surface area contributed by atoms with Crippen molar-refractivity contribution in [1.29, 1.82) is 0 Å². The number of likely N-dealkylation sites (tertiary alicyclic amines) is 1. The van der Waals surface area contributed by atoms with Crippen LogP contribution in [0.5, 0.6) is 5.75 Å². The van der Waals surface area contributed by atoms with Crippen molar-refractivity contribution in [3.05, 3.63) is 52.9 Å². The second-order valence-electron chi connectivity index (χ2n) is 6.24. The highest BCUT2D eigenvalue weighted by atomic mass is 79.9. The van der Waals surface area contributed by atoms with Crippen LogP contribution in [0.1, 0.15) is 23.4 Å². The van der Waals surface area contributed by atoms with Crippen LogP contribution in [0.2, 0.25) is 0 Å². The van der Waals surface area contributed by atoms with E-state index in [0.29, 0.717) is 41.7 Å². The molecule has 1 fully saturated rings. The second kappa shape index (κ2) is 8.89. The van der Waals surface area contributed by atoms with Crippen molar-refractivity contribution in [3.63, 3.8) is 0 Å². The number of nitrogens with one attached hydrogen (secondary N) is 1. The lowest BCUT2D eigenvalue weighted by atomic mass is 9.96. The Morgan fingerprint density at radius 1 is 1.15 bits per heavy atom. The van der Waals surface area contributed by atoms with Crippen LogP contribution in [0.25, 0.3) is 0 Å². The highest BCUT2D eigenvalue weighted by Gasteiger charge is 2.23. The molecular formula is C19H21BrN2O4. The Hall–Kier alpha value is -2.28. The SMILES string of the molecule is O=C(NCC1CCN(C(=O)COc2ccccc2)CC1)c1ccc(Br)o1. The van der Waals surface area contributed by atoms with E-state index >= 15 is 0 Å². The molecule has 0 unspecified atom stereocenters. The number of halogens is 1. The molecule has 3 rings (SSSR count). The van der Waals surface area contributed by atoms with Gasteiger partial charge >= 0.3 is 0 Å². The molecule has 2 aromatic rings. The monoisotopic (exact) mass is 420 g/mol. The van der Waals surface area contributed by atoms with Crippen LogP contribution >= 0.6 is 15.9 Å². The van der Waals surface area contributed by atoms with E-state index in [2.05, 4.69) is 21.2 Å². The van der Waals surface area contributed by atoms with Gasteiger partial charge in [-0.2, -0.15) is 0 Å². The summed E-state index contributed by atoms with van der Waals surface area (Å²) in [5.41, 5.74) is 0. The van der Waals surface area contributed by atoms with E-state index in [9.17, 15) is 9.59 Å². The number of piperidine rings is 1. The molecule has 0 atom stereocenters. The number of furan rings is 1. The van der Waals surface area contributed by atoms with E-state index < -0.39 is 0 Å². The fourth-order valence-corrected chi connectivity index (χ4v) is 3.21. The van der Waals surface area contributed by atoms with E-state index in [1.807, 2.05) is 35.2 Å². The largest absolute Gasteiger partial charge is 0.484 e. The standard InChI is InChI=1S/C19H21BrN2O4/c20-17-7-6-16(26-17)19(24)21-12-14-8-10-22(11-9-14)18(23)13-25-15-4-2-1-3-5-15/h1-7,14H,8-13H2,(H,21,24). The third-order valence-electron chi connectivity index (χ3n) is 4.42. The summed E-state index contributed by atoms with van der Waals surface area (Å²) < 4.78 is 11.3. The second-order valence-corrected chi connectivity index (χ2v) is 7.02. The number of carbonyl (C=O) groups excluding carboxylic acids is 2. The zero-order valence-electron chi connectivity index (χ0n) is 14.3. The van der Waals surface area contributed by atoms with E-state index in [1.165, 1.54) is 0 Å². The molecule has 1 aromatic heterocycles. The first-order valence-corrected chi connectivity index (χ1v) is 9.40. The Morgan fingerprint density at radius 3 is 2.54 bits per heavy atom. The van der Waals surface area contributed by atoms with Gasteiger partial charge in [0.05, 0.1) is 0 Å². The van der Waals surface area contributed by atoms with E-state index in [1.54, 1.807) is 12.1 Å². The Kier molecular flexibility index (Phi) is 6.33. The lowest BCUT2D eigenvalue weighted by Crippen LogP contribution is -2.43. The third kappa shape index (κ3) is 5.11.